The fourth-order valence-corrected chi connectivity index (χ4v) is 2.90. The molecule has 0 aromatic carbocycles. The van der Waals surface area contributed by atoms with Crippen LogP contribution in [0.3, 0.4) is 0 Å². The molecule has 0 radical (unpaired) electrons. The normalized spacial score (nSPS) is 31.5. The van der Waals surface area contributed by atoms with Gasteiger partial charge in [-0.15, -0.1) is 0 Å². The fourth-order valence-electron chi connectivity index (χ4n) is 2.90. The van der Waals surface area contributed by atoms with E-state index < -0.39 is 24.2 Å². The van der Waals surface area contributed by atoms with E-state index in [1.54, 1.807) is 28.1 Å². The van der Waals surface area contributed by atoms with Crippen LogP contribution in [0.4, 0.5) is 5.82 Å². The second-order valence-corrected chi connectivity index (χ2v) is 6.54. The lowest BCUT2D eigenvalue weighted by Gasteiger charge is -2.24. The van der Waals surface area contributed by atoms with Gasteiger partial charge in [-0.25, -0.2) is 4.99 Å². The lowest BCUT2D eigenvalue weighted by atomic mass is 10.1. The van der Waals surface area contributed by atoms with Crippen LogP contribution in [0.1, 0.15) is 20.1 Å². The molecule has 9 nitrogen and oxygen atoms in total. The lowest BCUT2D eigenvalue weighted by molar-refractivity contribution is -0.200. The molecule has 3 rings (SSSR count). The Hall–Kier alpha value is -1.81. The van der Waals surface area contributed by atoms with Gasteiger partial charge in [0.05, 0.1) is 12.9 Å². The summed E-state index contributed by atoms with van der Waals surface area (Å²) in [6, 6.07) is 1.70. The molecule has 3 heterocycles. The average Bonchev–Trinajstić information content (AvgIpc) is 2.98. The maximum absolute atomic E-state index is 9.53. The Morgan fingerprint density at radius 1 is 1.42 bits per heavy atom. The maximum atomic E-state index is 9.53. The highest BCUT2D eigenvalue weighted by Crippen LogP contribution is 2.42. The molecule has 9 heteroatoms. The number of aromatic nitrogens is 2. The highest BCUT2D eigenvalue weighted by Gasteiger charge is 2.55. The van der Waals surface area contributed by atoms with Crippen LogP contribution in [0.15, 0.2) is 17.3 Å². The van der Waals surface area contributed by atoms with E-state index in [1.807, 2.05) is 27.9 Å². The van der Waals surface area contributed by atoms with Gasteiger partial charge in [0.15, 0.2) is 17.8 Å². The number of rotatable bonds is 4. The molecule has 1 aromatic rings. The molecule has 2 N–H and O–H groups in total. The van der Waals surface area contributed by atoms with Gasteiger partial charge >= 0.3 is 0 Å². The molecule has 24 heavy (non-hydrogen) atoms. The zero-order chi connectivity index (χ0) is 17.5. The number of aliphatic hydroxyl groups excluding tert-OH is 1. The van der Waals surface area contributed by atoms with Gasteiger partial charge in [0.1, 0.15) is 18.3 Å². The highest BCUT2D eigenvalue weighted by molar-refractivity contribution is 5.58. The van der Waals surface area contributed by atoms with Crippen molar-refractivity contribution in [2.75, 3.05) is 20.7 Å². The van der Waals surface area contributed by atoms with E-state index in [1.165, 1.54) is 0 Å². The second kappa shape index (κ2) is 6.25. The third-order valence-corrected chi connectivity index (χ3v) is 3.85. The summed E-state index contributed by atoms with van der Waals surface area (Å²) >= 11 is 0. The van der Waals surface area contributed by atoms with Gasteiger partial charge in [-0.2, -0.15) is 4.98 Å². The number of nitrogens with one attached hydrogen (secondary N) is 1. The molecule has 132 valence electrons. The molecule has 1 aromatic heterocycles. The number of nitrogens with zero attached hydrogens (tertiary/aromatic N) is 4. The Bertz CT molecular complexity index is 687. The van der Waals surface area contributed by atoms with Crippen LogP contribution < -0.4 is 5.62 Å². The third-order valence-electron chi connectivity index (χ3n) is 3.85. The molecule has 0 bridgehead atoms. The van der Waals surface area contributed by atoms with E-state index in [4.69, 9.17) is 19.6 Å². The van der Waals surface area contributed by atoms with E-state index in [0.717, 1.165) is 0 Å². The number of aliphatic imine (C=N–C) groups is 1. The van der Waals surface area contributed by atoms with Crippen molar-refractivity contribution in [2.24, 2.45) is 4.99 Å². The minimum atomic E-state index is -0.753. The zero-order valence-electron chi connectivity index (χ0n) is 14.2. The molecule has 4 atom stereocenters. The second-order valence-electron chi connectivity index (χ2n) is 6.54. The molecule has 2 aliphatic rings. The number of aliphatic hydroxyl groups is 1. The third kappa shape index (κ3) is 3.20. The molecule has 0 spiro atoms. The van der Waals surface area contributed by atoms with E-state index >= 15 is 0 Å². The zero-order valence-corrected chi connectivity index (χ0v) is 14.2. The van der Waals surface area contributed by atoms with Crippen LogP contribution in [-0.2, 0) is 14.2 Å². The Kier molecular flexibility index (Phi) is 4.43. The van der Waals surface area contributed by atoms with Gasteiger partial charge in [0.2, 0.25) is 5.62 Å². The highest BCUT2D eigenvalue weighted by atomic mass is 16.8. The largest absolute Gasteiger partial charge is 0.394 e. The van der Waals surface area contributed by atoms with E-state index in [9.17, 15) is 5.11 Å². The SMILES string of the molecule is CN(C)C=Nc1ccn([C@@H]2O[C@H](CO)C3OC(C)(C)OC32)c(=N)n1. The van der Waals surface area contributed by atoms with Crippen LogP contribution in [0, 0.1) is 5.41 Å². The molecule has 0 aliphatic carbocycles. The first-order chi connectivity index (χ1) is 11.3. The minimum absolute atomic E-state index is 0.000878. The van der Waals surface area contributed by atoms with Crippen molar-refractivity contribution in [3.63, 3.8) is 0 Å². The van der Waals surface area contributed by atoms with Crippen molar-refractivity contribution in [3.8, 4) is 0 Å². The van der Waals surface area contributed by atoms with Gasteiger partial charge in [0, 0.05) is 20.3 Å². The van der Waals surface area contributed by atoms with E-state index in [2.05, 4.69) is 9.98 Å². The molecule has 2 unspecified atom stereocenters. The Morgan fingerprint density at radius 2 is 2.12 bits per heavy atom. The molecule has 2 aliphatic heterocycles. The summed E-state index contributed by atoms with van der Waals surface area (Å²) in [5.41, 5.74) is -0.000878. The summed E-state index contributed by atoms with van der Waals surface area (Å²) < 4.78 is 19.1. The molecular weight excluding hydrogens is 314 g/mol. The summed E-state index contributed by atoms with van der Waals surface area (Å²) in [4.78, 5) is 10.1. The van der Waals surface area contributed by atoms with Gasteiger partial charge in [0.25, 0.3) is 0 Å². The van der Waals surface area contributed by atoms with Crippen LogP contribution >= 0.6 is 0 Å². The fraction of sp³-hybridized carbons (Fsp3) is 0.667. The Balaban J connectivity index is 1.87. The number of hydrogen-bond donors (Lipinski definition) is 2. The van der Waals surface area contributed by atoms with Crippen LogP contribution in [0.25, 0.3) is 0 Å². The van der Waals surface area contributed by atoms with E-state index in [-0.39, 0.29) is 18.3 Å². The molecule has 2 fully saturated rings. The first-order valence-electron chi connectivity index (χ1n) is 7.77. The van der Waals surface area contributed by atoms with Gasteiger partial charge in [-0.05, 0) is 19.9 Å². The van der Waals surface area contributed by atoms with Crippen LogP contribution in [-0.4, -0.2) is 70.7 Å². The van der Waals surface area contributed by atoms with Gasteiger partial charge in [-0.3, -0.25) is 9.98 Å². The quantitative estimate of drug-likeness (QED) is 0.592. The predicted octanol–water partition coefficient (Wildman–Crippen LogP) is -0.00623. The van der Waals surface area contributed by atoms with Gasteiger partial charge in [-0.1, -0.05) is 0 Å². The van der Waals surface area contributed by atoms with E-state index in [0.29, 0.717) is 5.82 Å². The Labute approximate surface area is 140 Å². The number of fused-ring (bicyclic) bond motifs is 1. The standard InChI is InChI=1S/C15H23N5O4/c1-15(2)23-11-9(7-21)22-13(12(11)24-15)20-6-5-10(18-14(20)16)17-8-19(3)4/h5-6,8-9,11-13,16,21H,7H2,1-4H3/t9-,11?,12?,13-/m1/s1. The van der Waals surface area contributed by atoms with Crippen molar-refractivity contribution in [3.05, 3.63) is 17.9 Å². The van der Waals surface area contributed by atoms with Crippen molar-refractivity contribution in [1.82, 2.24) is 14.5 Å². The summed E-state index contributed by atoms with van der Waals surface area (Å²) in [6.07, 6.45) is 1.43. The van der Waals surface area contributed by atoms with Crippen molar-refractivity contribution in [1.29, 1.82) is 5.41 Å². The maximum Gasteiger partial charge on any atom is 0.226 e. The monoisotopic (exact) mass is 337 g/mol. The molecular formula is C15H23N5O4. The number of ether oxygens (including phenoxy) is 3. The summed E-state index contributed by atoms with van der Waals surface area (Å²) in [5.74, 6) is -0.321. The molecule has 0 saturated carbocycles. The van der Waals surface area contributed by atoms with Gasteiger partial charge < -0.3 is 24.2 Å². The summed E-state index contributed by atoms with van der Waals surface area (Å²) in [6.45, 7) is 3.46. The topological polar surface area (TPSA) is 105 Å². The lowest BCUT2D eigenvalue weighted by Crippen LogP contribution is -2.34. The van der Waals surface area contributed by atoms with Crippen molar-refractivity contribution < 1.29 is 19.3 Å². The van der Waals surface area contributed by atoms with Crippen LogP contribution in [0.5, 0.6) is 0 Å². The Morgan fingerprint density at radius 3 is 2.75 bits per heavy atom. The minimum Gasteiger partial charge on any atom is -0.394 e. The smallest absolute Gasteiger partial charge is 0.226 e. The van der Waals surface area contributed by atoms with Crippen molar-refractivity contribution >= 4 is 12.2 Å². The molecule has 2 saturated heterocycles. The van der Waals surface area contributed by atoms with Crippen LogP contribution in [0.2, 0.25) is 0 Å². The summed E-state index contributed by atoms with van der Waals surface area (Å²) in [5, 5.41) is 17.7. The predicted molar refractivity (Wildman–Crippen MR) is 84.7 cm³/mol. The van der Waals surface area contributed by atoms with Crippen molar-refractivity contribution in [2.45, 2.75) is 44.2 Å². The molecule has 0 amide bonds. The first kappa shape index (κ1) is 17.0. The summed E-state index contributed by atoms with van der Waals surface area (Å²) in [7, 11) is 3.71. The first-order valence-corrected chi connectivity index (χ1v) is 7.77. The average molecular weight is 337 g/mol. The number of hydrogen-bond acceptors (Lipinski definition) is 7.